The SMILES string of the molecule is COCCN1C(=O)/C(=C\c2ccc(OC(=O)[C@@H]3[C@@H](C=C(Cl)Cl)C3(C)C)cc2)SC1=S. The van der Waals surface area contributed by atoms with E-state index in [4.69, 9.17) is 44.9 Å². The van der Waals surface area contributed by atoms with Crippen molar-refractivity contribution in [2.75, 3.05) is 20.3 Å². The molecular formula is C21H21Cl2NO4S2. The summed E-state index contributed by atoms with van der Waals surface area (Å²) in [6, 6.07) is 6.97. The van der Waals surface area contributed by atoms with E-state index < -0.39 is 0 Å². The molecule has 3 rings (SSSR count). The summed E-state index contributed by atoms with van der Waals surface area (Å²) in [5.74, 6) is -0.354. The second-order valence-electron chi connectivity index (χ2n) is 7.60. The van der Waals surface area contributed by atoms with Crippen molar-refractivity contribution in [2.45, 2.75) is 13.8 Å². The molecule has 0 N–H and O–H groups in total. The number of amides is 1. The zero-order valence-corrected chi connectivity index (χ0v) is 19.8. The molecular weight excluding hydrogens is 465 g/mol. The summed E-state index contributed by atoms with van der Waals surface area (Å²) in [5.41, 5.74) is 0.562. The predicted molar refractivity (Wildman–Crippen MR) is 124 cm³/mol. The highest BCUT2D eigenvalue weighted by molar-refractivity contribution is 8.26. The van der Waals surface area contributed by atoms with Crippen LogP contribution in [0.3, 0.4) is 0 Å². The molecule has 1 saturated carbocycles. The Balaban J connectivity index is 1.64. The van der Waals surface area contributed by atoms with Crippen LogP contribution in [-0.4, -0.2) is 41.4 Å². The molecule has 1 aliphatic carbocycles. The number of thioether (sulfide) groups is 1. The third-order valence-electron chi connectivity index (χ3n) is 5.26. The molecule has 30 heavy (non-hydrogen) atoms. The summed E-state index contributed by atoms with van der Waals surface area (Å²) in [7, 11) is 1.58. The number of hydrogen-bond acceptors (Lipinski definition) is 6. The number of carbonyl (C=O) groups excluding carboxylic acids is 2. The average molecular weight is 486 g/mol. The predicted octanol–water partition coefficient (Wildman–Crippen LogP) is 5.03. The number of halogens is 2. The number of methoxy groups -OCH3 is 1. The van der Waals surface area contributed by atoms with Crippen molar-refractivity contribution in [3.8, 4) is 5.75 Å². The quantitative estimate of drug-likeness (QED) is 0.233. The third kappa shape index (κ3) is 5.08. The van der Waals surface area contributed by atoms with Gasteiger partial charge in [-0.25, -0.2) is 0 Å². The molecule has 5 nitrogen and oxygen atoms in total. The first-order chi connectivity index (χ1) is 14.1. The minimum atomic E-state index is -0.317. The molecule has 1 saturated heterocycles. The van der Waals surface area contributed by atoms with Gasteiger partial charge in [-0.2, -0.15) is 0 Å². The molecule has 2 aliphatic rings. The first kappa shape index (κ1) is 23.3. The summed E-state index contributed by atoms with van der Waals surface area (Å²) in [6.45, 7) is 4.80. The fourth-order valence-electron chi connectivity index (χ4n) is 3.41. The average Bonchev–Trinajstić information content (AvgIpc) is 3.10. The van der Waals surface area contributed by atoms with Gasteiger partial charge in [0.2, 0.25) is 0 Å². The zero-order chi connectivity index (χ0) is 22.1. The number of benzene rings is 1. The van der Waals surface area contributed by atoms with Crippen LogP contribution in [0.2, 0.25) is 0 Å². The molecule has 2 atom stereocenters. The number of nitrogens with zero attached hydrogens (tertiary/aromatic N) is 1. The Morgan fingerprint density at radius 2 is 1.97 bits per heavy atom. The van der Waals surface area contributed by atoms with E-state index in [-0.39, 0.29) is 33.6 Å². The van der Waals surface area contributed by atoms with Gasteiger partial charge in [0.1, 0.15) is 14.6 Å². The Labute approximate surface area is 195 Å². The van der Waals surface area contributed by atoms with Crippen LogP contribution >= 0.6 is 47.2 Å². The van der Waals surface area contributed by atoms with Crippen molar-refractivity contribution in [1.82, 2.24) is 4.90 Å². The van der Waals surface area contributed by atoms with Crippen molar-refractivity contribution in [1.29, 1.82) is 0 Å². The van der Waals surface area contributed by atoms with Crippen molar-refractivity contribution in [3.05, 3.63) is 45.3 Å². The summed E-state index contributed by atoms with van der Waals surface area (Å²) in [5, 5.41) is 0. The molecule has 0 radical (unpaired) electrons. The van der Waals surface area contributed by atoms with E-state index in [1.807, 2.05) is 13.8 Å². The fraction of sp³-hybridized carbons (Fsp3) is 0.381. The van der Waals surface area contributed by atoms with Gasteiger partial charge in [0.05, 0.1) is 24.0 Å². The van der Waals surface area contributed by atoms with Crippen molar-refractivity contribution in [2.24, 2.45) is 17.3 Å². The van der Waals surface area contributed by atoms with Gasteiger partial charge in [-0.15, -0.1) is 0 Å². The smallest absolute Gasteiger partial charge is 0.315 e. The molecule has 160 valence electrons. The van der Waals surface area contributed by atoms with Gasteiger partial charge in [-0.05, 0) is 41.2 Å². The summed E-state index contributed by atoms with van der Waals surface area (Å²) in [4.78, 5) is 27.1. The maximum Gasteiger partial charge on any atom is 0.315 e. The van der Waals surface area contributed by atoms with Gasteiger partial charge < -0.3 is 9.47 Å². The van der Waals surface area contributed by atoms with E-state index in [0.29, 0.717) is 28.1 Å². The van der Waals surface area contributed by atoms with E-state index in [1.54, 1.807) is 43.5 Å². The molecule has 0 bridgehead atoms. The normalized spacial score (nSPS) is 23.6. The molecule has 0 spiro atoms. The largest absolute Gasteiger partial charge is 0.426 e. The van der Waals surface area contributed by atoms with Gasteiger partial charge in [0.25, 0.3) is 5.91 Å². The number of ether oxygens (including phenoxy) is 2. The van der Waals surface area contributed by atoms with Gasteiger partial charge in [0.15, 0.2) is 0 Å². The van der Waals surface area contributed by atoms with Gasteiger partial charge in [0, 0.05) is 7.11 Å². The Morgan fingerprint density at radius 3 is 2.57 bits per heavy atom. The lowest BCUT2D eigenvalue weighted by Gasteiger charge is -2.12. The Bertz CT molecular complexity index is 923. The zero-order valence-electron chi connectivity index (χ0n) is 16.7. The van der Waals surface area contributed by atoms with E-state index >= 15 is 0 Å². The highest BCUT2D eigenvalue weighted by Crippen LogP contribution is 2.60. The lowest BCUT2D eigenvalue weighted by molar-refractivity contribution is -0.136. The maximum absolute atomic E-state index is 12.5. The molecule has 1 aliphatic heterocycles. The first-order valence-corrected chi connectivity index (χ1v) is 11.2. The monoisotopic (exact) mass is 485 g/mol. The molecule has 1 aromatic rings. The van der Waals surface area contributed by atoms with E-state index in [1.165, 1.54) is 16.7 Å². The molecule has 1 amide bonds. The molecule has 1 aromatic carbocycles. The second-order valence-corrected chi connectivity index (χ2v) is 10.3. The van der Waals surface area contributed by atoms with Crippen LogP contribution in [0.5, 0.6) is 5.75 Å². The molecule has 2 fully saturated rings. The standard InChI is InChI=1S/C21H21Cl2NO4S2/c1-21(2)14(11-16(22)23)17(21)19(26)28-13-6-4-12(5-7-13)10-15-18(25)24(8-9-27-3)20(29)30-15/h4-7,10-11,14,17H,8-9H2,1-3H3/b15-10+/t14-,17+/m1/s1. The number of esters is 1. The highest BCUT2D eigenvalue weighted by atomic mass is 35.5. The molecule has 9 heteroatoms. The highest BCUT2D eigenvalue weighted by Gasteiger charge is 2.61. The molecule has 0 unspecified atom stereocenters. The second kappa shape index (κ2) is 9.40. The lowest BCUT2D eigenvalue weighted by atomic mass is 10.1. The van der Waals surface area contributed by atoms with Crippen LogP contribution in [0.1, 0.15) is 19.4 Å². The topological polar surface area (TPSA) is 55.8 Å². The van der Waals surface area contributed by atoms with Crippen molar-refractivity contribution >= 4 is 69.5 Å². The Morgan fingerprint density at radius 1 is 1.30 bits per heavy atom. The Kier molecular flexibility index (Phi) is 7.30. The number of carbonyl (C=O) groups is 2. The van der Waals surface area contributed by atoms with Gasteiger partial charge in [-0.3, -0.25) is 14.5 Å². The van der Waals surface area contributed by atoms with Gasteiger partial charge in [-0.1, -0.05) is 73.2 Å². The summed E-state index contributed by atoms with van der Waals surface area (Å²) < 4.78 is 11.2. The minimum absolute atomic E-state index is 0.0469. The summed E-state index contributed by atoms with van der Waals surface area (Å²) >= 11 is 18.0. The van der Waals surface area contributed by atoms with Crippen LogP contribution in [0.15, 0.2) is 39.7 Å². The van der Waals surface area contributed by atoms with Crippen LogP contribution in [0.25, 0.3) is 6.08 Å². The lowest BCUT2D eigenvalue weighted by Crippen LogP contribution is -2.31. The third-order valence-corrected chi connectivity index (χ3v) is 6.89. The summed E-state index contributed by atoms with van der Waals surface area (Å²) in [6.07, 6.45) is 3.45. The molecule has 1 heterocycles. The number of rotatable bonds is 7. The van der Waals surface area contributed by atoms with Crippen LogP contribution in [0.4, 0.5) is 0 Å². The van der Waals surface area contributed by atoms with Crippen LogP contribution < -0.4 is 4.74 Å². The van der Waals surface area contributed by atoms with Crippen LogP contribution in [0, 0.1) is 17.3 Å². The van der Waals surface area contributed by atoms with E-state index in [2.05, 4.69) is 0 Å². The van der Waals surface area contributed by atoms with Crippen molar-refractivity contribution in [3.63, 3.8) is 0 Å². The Hall–Kier alpha value is -1.38. The number of hydrogen-bond donors (Lipinski definition) is 0. The van der Waals surface area contributed by atoms with E-state index in [9.17, 15) is 9.59 Å². The van der Waals surface area contributed by atoms with Gasteiger partial charge >= 0.3 is 5.97 Å². The maximum atomic E-state index is 12.5. The molecule has 0 aromatic heterocycles. The van der Waals surface area contributed by atoms with Crippen LogP contribution in [-0.2, 0) is 14.3 Å². The number of allylic oxidation sites excluding steroid dienone is 1. The fourth-order valence-corrected chi connectivity index (χ4v) is 4.99. The number of thiocarbonyl (C=S) groups is 1. The van der Waals surface area contributed by atoms with E-state index in [0.717, 1.165) is 5.56 Å². The van der Waals surface area contributed by atoms with Crippen molar-refractivity contribution < 1.29 is 19.1 Å². The minimum Gasteiger partial charge on any atom is -0.426 e. The first-order valence-electron chi connectivity index (χ1n) is 9.24.